The molecular formula is C13H23F2NO. The minimum absolute atomic E-state index is 0.0433. The van der Waals surface area contributed by atoms with Gasteiger partial charge in [0.15, 0.2) is 0 Å². The summed E-state index contributed by atoms with van der Waals surface area (Å²) in [6.45, 7) is 1.53. The van der Waals surface area contributed by atoms with Gasteiger partial charge < -0.3 is 5.11 Å². The summed E-state index contributed by atoms with van der Waals surface area (Å²) in [6.07, 6.45) is 5.26. The van der Waals surface area contributed by atoms with E-state index in [2.05, 4.69) is 4.90 Å². The molecule has 0 amide bonds. The molecule has 1 N–H and O–H groups in total. The van der Waals surface area contributed by atoms with E-state index in [0.29, 0.717) is 19.0 Å². The number of aliphatic hydroxyl groups excluding tert-OH is 1. The van der Waals surface area contributed by atoms with Crippen LogP contribution in [0.3, 0.4) is 0 Å². The SMILES string of the molecule is OCCN(CC1CCCC(F)(F)C1)C1CCC1. The van der Waals surface area contributed by atoms with Crippen LogP contribution in [0.4, 0.5) is 8.78 Å². The summed E-state index contributed by atoms with van der Waals surface area (Å²) >= 11 is 0. The Morgan fingerprint density at radius 1 is 1.18 bits per heavy atom. The molecule has 0 bridgehead atoms. The van der Waals surface area contributed by atoms with Gasteiger partial charge in [-0.2, -0.15) is 0 Å². The molecule has 0 aromatic carbocycles. The lowest BCUT2D eigenvalue weighted by molar-refractivity contribution is -0.0609. The van der Waals surface area contributed by atoms with Gasteiger partial charge in [-0.3, -0.25) is 4.90 Å². The average Bonchev–Trinajstić information content (AvgIpc) is 2.13. The molecule has 0 aromatic rings. The lowest BCUT2D eigenvalue weighted by Gasteiger charge is -2.40. The molecule has 2 aliphatic carbocycles. The molecule has 0 saturated heterocycles. The third-order valence-corrected chi connectivity index (χ3v) is 4.21. The lowest BCUT2D eigenvalue weighted by Crippen LogP contribution is -2.45. The highest BCUT2D eigenvalue weighted by Gasteiger charge is 2.37. The average molecular weight is 247 g/mol. The van der Waals surface area contributed by atoms with Gasteiger partial charge in [0.1, 0.15) is 0 Å². The van der Waals surface area contributed by atoms with Gasteiger partial charge in [0.25, 0.3) is 0 Å². The van der Waals surface area contributed by atoms with Crippen molar-refractivity contribution >= 4 is 0 Å². The Bertz CT molecular complexity index is 244. The van der Waals surface area contributed by atoms with Crippen LogP contribution in [0.15, 0.2) is 0 Å². The number of hydrogen-bond acceptors (Lipinski definition) is 2. The van der Waals surface area contributed by atoms with E-state index < -0.39 is 5.92 Å². The number of alkyl halides is 2. The van der Waals surface area contributed by atoms with Gasteiger partial charge >= 0.3 is 0 Å². The maximum Gasteiger partial charge on any atom is 0.248 e. The summed E-state index contributed by atoms with van der Waals surface area (Å²) in [6, 6.07) is 0.540. The molecule has 1 unspecified atom stereocenters. The van der Waals surface area contributed by atoms with Gasteiger partial charge in [-0.05, 0) is 31.6 Å². The molecule has 17 heavy (non-hydrogen) atoms. The normalized spacial score (nSPS) is 29.3. The molecule has 4 heteroatoms. The van der Waals surface area contributed by atoms with Gasteiger partial charge in [-0.1, -0.05) is 6.42 Å². The molecule has 2 nitrogen and oxygen atoms in total. The van der Waals surface area contributed by atoms with E-state index in [1.807, 2.05) is 0 Å². The second kappa shape index (κ2) is 5.61. The van der Waals surface area contributed by atoms with Crippen LogP contribution in [0, 0.1) is 5.92 Å². The van der Waals surface area contributed by atoms with Crippen molar-refractivity contribution in [2.24, 2.45) is 5.92 Å². The van der Waals surface area contributed by atoms with Crippen molar-refractivity contribution in [3.63, 3.8) is 0 Å². The molecule has 0 aliphatic heterocycles. The second-order valence-electron chi connectivity index (χ2n) is 5.62. The van der Waals surface area contributed by atoms with Crippen LogP contribution in [-0.2, 0) is 0 Å². The van der Waals surface area contributed by atoms with E-state index in [1.165, 1.54) is 19.3 Å². The van der Waals surface area contributed by atoms with Crippen molar-refractivity contribution in [2.45, 2.75) is 56.9 Å². The fourth-order valence-corrected chi connectivity index (χ4v) is 3.07. The van der Waals surface area contributed by atoms with Crippen molar-refractivity contribution in [3.8, 4) is 0 Å². The fraction of sp³-hybridized carbons (Fsp3) is 1.00. The monoisotopic (exact) mass is 247 g/mol. The number of rotatable bonds is 5. The number of hydrogen-bond donors (Lipinski definition) is 1. The van der Waals surface area contributed by atoms with E-state index in [4.69, 9.17) is 5.11 Å². The van der Waals surface area contributed by atoms with Crippen LogP contribution in [0.5, 0.6) is 0 Å². The highest BCUT2D eigenvalue weighted by Crippen LogP contribution is 2.37. The van der Waals surface area contributed by atoms with Crippen molar-refractivity contribution in [2.75, 3.05) is 19.7 Å². The molecule has 2 aliphatic rings. The summed E-state index contributed by atoms with van der Waals surface area (Å²) in [5.74, 6) is -2.33. The minimum atomic E-state index is -2.45. The highest BCUT2D eigenvalue weighted by molar-refractivity contribution is 4.85. The lowest BCUT2D eigenvalue weighted by atomic mass is 9.84. The molecule has 100 valence electrons. The molecule has 2 fully saturated rings. The van der Waals surface area contributed by atoms with E-state index in [9.17, 15) is 8.78 Å². The van der Waals surface area contributed by atoms with Gasteiger partial charge in [-0.15, -0.1) is 0 Å². The minimum Gasteiger partial charge on any atom is -0.395 e. The van der Waals surface area contributed by atoms with Crippen LogP contribution in [0.2, 0.25) is 0 Å². The quantitative estimate of drug-likeness (QED) is 0.807. The van der Waals surface area contributed by atoms with Crippen LogP contribution in [0.1, 0.15) is 44.9 Å². The van der Waals surface area contributed by atoms with Crippen molar-refractivity contribution in [1.82, 2.24) is 4.90 Å². The maximum absolute atomic E-state index is 13.3. The first-order chi connectivity index (χ1) is 8.11. The van der Waals surface area contributed by atoms with Crippen molar-refractivity contribution in [1.29, 1.82) is 0 Å². The van der Waals surface area contributed by atoms with Crippen molar-refractivity contribution in [3.05, 3.63) is 0 Å². The van der Waals surface area contributed by atoms with Gasteiger partial charge in [0.2, 0.25) is 5.92 Å². The first-order valence-electron chi connectivity index (χ1n) is 6.83. The van der Waals surface area contributed by atoms with Crippen LogP contribution in [-0.4, -0.2) is 41.7 Å². The Hall–Kier alpha value is -0.220. The first-order valence-corrected chi connectivity index (χ1v) is 6.83. The Labute approximate surface area is 102 Å². The zero-order valence-electron chi connectivity index (χ0n) is 10.4. The number of aliphatic hydroxyl groups is 1. The second-order valence-corrected chi connectivity index (χ2v) is 5.62. The number of nitrogens with zero attached hydrogens (tertiary/aromatic N) is 1. The molecule has 2 rings (SSSR count). The summed E-state index contributed by atoms with van der Waals surface area (Å²) in [7, 11) is 0. The summed E-state index contributed by atoms with van der Waals surface area (Å²) in [4.78, 5) is 2.23. The standard InChI is InChI=1S/C13H23F2NO/c14-13(15)6-2-3-11(9-13)10-16(7-8-17)12-4-1-5-12/h11-12,17H,1-10H2. The summed E-state index contributed by atoms with van der Waals surface area (Å²) < 4.78 is 26.6. The van der Waals surface area contributed by atoms with Crippen molar-refractivity contribution < 1.29 is 13.9 Å². The van der Waals surface area contributed by atoms with E-state index in [1.54, 1.807) is 0 Å². The van der Waals surface area contributed by atoms with Gasteiger partial charge in [0.05, 0.1) is 6.61 Å². The van der Waals surface area contributed by atoms with Crippen LogP contribution in [0.25, 0.3) is 0 Å². The van der Waals surface area contributed by atoms with E-state index in [0.717, 1.165) is 13.0 Å². The smallest absolute Gasteiger partial charge is 0.248 e. The number of halogens is 2. The third kappa shape index (κ3) is 3.62. The summed E-state index contributed by atoms with van der Waals surface area (Å²) in [5, 5.41) is 9.05. The predicted molar refractivity (Wildman–Crippen MR) is 63.2 cm³/mol. The van der Waals surface area contributed by atoms with Gasteiger partial charge in [-0.25, -0.2) is 8.78 Å². The Kier molecular flexibility index (Phi) is 4.36. The van der Waals surface area contributed by atoms with Crippen LogP contribution < -0.4 is 0 Å². The Morgan fingerprint density at radius 3 is 2.47 bits per heavy atom. The molecule has 0 radical (unpaired) electrons. The molecular weight excluding hydrogens is 224 g/mol. The third-order valence-electron chi connectivity index (χ3n) is 4.21. The van der Waals surface area contributed by atoms with E-state index in [-0.39, 0.29) is 25.4 Å². The Morgan fingerprint density at radius 2 is 1.94 bits per heavy atom. The largest absolute Gasteiger partial charge is 0.395 e. The molecule has 0 aromatic heterocycles. The first kappa shape index (κ1) is 13.2. The molecule has 0 heterocycles. The van der Waals surface area contributed by atoms with Crippen LogP contribution >= 0.6 is 0 Å². The fourth-order valence-electron chi connectivity index (χ4n) is 3.07. The molecule has 0 spiro atoms. The maximum atomic E-state index is 13.3. The zero-order chi connectivity index (χ0) is 12.3. The Balaban J connectivity index is 1.84. The predicted octanol–water partition coefficient (Wildman–Crippen LogP) is 2.66. The summed E-state index contributed by atoms with van der Waals surface area (Å²) in [5.41, 5.74) is 0. The molecule has 2 saturated carbocycles. The van der Waals surface area contributed by atoms with Gasteiger partial charge in [0, 0.05) is 32.0 Å². The molecule has 1 atom stereocenters. The topological polar surface area (TPSA) is 23.5 Å². The highest BCUT2D eigenvalue weighted by atomic mass is 19.3. The zero-order valence-corrected chi connectivity index (χ0v) is 10.4. The van der Waals surface area contributed by atoms with E-state index >= 15 is 0 Å².